The molecule has 2 saturated carbocycles. The Hall–Kier alpha value is -0.530. The van der Waals surface area contributed by atoms with Gasteiger partial charge in [-0.25, -0.2) is 0 Å². The average molecular weight is 266 g/mol. The minimum absolute atomic E-state index is 0.0457. The van der Waals surface area contributed by atoms with Gasteiger partial charge in [0.2, 0.25) is 0 Å². The summed E-state index contributed by atoms with van der Waals surface area (Å²) in [5.41, 5.74) is -0.272. The SMILES string of the molecule is CC(C)(C)CC1(C(=O)OC(C)(C)C2CC2)CC1(C)C. The topological polar surface area (TPSA) is 26.3 Å². The average Bonchev–Trinajstić information content (AvgIpc) is 2.99. The van der Waals surface area contributed by atoms with Crippen LogP contribution >= 0.6 is 0 Å². The molecule has 0 aromatic carbocycles. The van der Waals surface area contributed by atoms with E-state index in [2.05, 4.69) is 48.5 Å². The van der Waals surface area contributed by atoms with Gasteiger partial charge in [0, 0.05) is 0 Å². The van der Waals surface area contributed by atoms with Gasteiger partial charge in [-0.15, -0.1) is 0 Å². The molecular weight excluding hydrogens is 236 g/mol. The molecule has 0 aromatic heterocycles. The van der Waals surface area contributed by atoms with Crippen LogP contribution in [0.3, 0.4) is 0 Å². The van der Waals surface area contributed by atoms with E-state index in [0.29, 0.717) is 5.92 Å². The summed E-state index contributed by atoms with van der Waals surface area (Å²) in [5.74, 6) is 0.620. The van der Waals surface area contributed by atoms with Crippen LogP contribution in [0.2, 0.25) is 0 Å². The Morgan fingerprint density at radius 3 is 1.95 bits per heavy atom. The van der Waals surface area contributed by atoms with Gasteiger partial charge >= 0.3 is 5.97 Å². The van der Waals surface area contributed by atoms with Crippen LogP contribution in [-0.4, -0.2) is 11.6 Å². The lowest BCUT2D eigenvalue weighted by atomic mass is 9.79. The normalized spacial score (nSPS) is 30.1. The van der Waals surface area contributed by atoms with Gasteiger partial charge in [0.15, 0.2) is 0 Å². The van der Waals surface area contributed by atoms with E-state index >= 15 is 0 Å². The molecule has 0 N–H and O–H groups in total. The molecule has 0 saturated heterocycles. The molecule has 2 aliphatic carbocycles. The fourth-order valence-electron chi connectivity index (χ4n) is 3.54. The van der Waals surface area contributed by atoms with Crippen LogP contribution in [-0.2, 0) is 9.53 Å². The third kappa shape index (κ3) is 2.83. The Balaban J connectivity index is 2.11. The van der Waals surface area contributed by atoms with E-state index in [1.807, 2.05) is 0 Å². The molecule has 110 valence electrons. The second kappa shape index (κ2) is 3.99. The number of hydrogen-bond acceptors (Lipinski definition) is 2. The minimum Gasteiger partial charge on any atom is -0.459 e. The van der Waals surface area contributed by atoms with Crippen LogP contribution in [0.1, 0.15) is 74.1 Å². The Labute approximate surface area is 118 Å². The Morgan fingerprint density at radius 2 is 1.63 bits per heavy atom. The van der Waals surface area contributed by atoms with Gasteiger partial charge in [0.1, 0.15) is 5.60 Å². The third-order valence-electron chi connectivity index (χ3n) is 5.05. The highest BCUT2D eigenvalue weighted by Gasteiger charge is 2.68. The molecule has 19 heavy (non-hydrogen) atoms. The molecule has 0 radical (unpaired) electrons. The van der Waals surface area contributed by atoms with E-state index in [1.54, 1.807) is 0 Å². The maximum Gasteiger partial charge on any atom is 0.313 e. The highest BCUT2D eigenvalue weighted by molar-refractivity contribution is 5.82. The summed E-state index contributed by atoms with van der Waals surface area (Å²) in [6.07, 6.45) is 4.30. The summed E-state index contributed by atoms with van der Waals surface area (Å²) in [6, 6.07) is 0. The lowest BCUT2D eigenvalue weighted by Crippen LogP contribution is -2.37. The molecule has 2 heteroatoms. The van der Waals surface area contributed by atoms with Gasteiger partial charge in [0.05, 0.1) is 5.41 Å². The van der Waals surface area contributed by atoms with Gasteiger partial charge < -0.3 is 4.74 Å². The quantitative estimate of drug-likeness (QED) is 0.697. The van der Waals surface area contributed by atoms with Crippen molar-refractivity contribution in [3.05, 3.63) is 0 Å². The van der Waals surface area contributed by atoms with Crippen molar-refractivity contribution in [1.29, 1.82) is 0 Å². The van der Waals surface area contributed by atoms with Crippen LogP contribution in [0.4, 0.5) is 0 Å². The second-order valence-electron chi connectivity index (χ2n) is 9.15. The molecule has 0 heterocycles. The van der Waals surface area contributed by atoms with E-state index in [0.717, 1.165) is 12.8 Å². The number of rotatable bonds is 4. The van der Waals surface area contributed by atoms with Crippen molar-refractivity contribution in [2.24, 2.45) is 22.2 Å². The predicted molar refractivity (Wildman–Crippen MR) is 77.8 cm³/mol. The first kappa shape index (κ1) is 14.9. The number of esters is 1. The van der Waals surface area contributed by atoms with Crippen molar-refractivity contribution in [2.75, 3.05) is 0 Å². The van der Waals surface area contributed by atoms with Crippen LogP contribution in [0.5, 0.6) is 0 Å². The first-order chi connectivity index (χ1) is 8.40. The Bertz CT molecular complexity index is 383. The zero-order chi connectivity index (χ0) is 14.7. The molecule has 2 aliphatic rings. The van der Waals surface area contributed by atoms with Gasteiger partial charge in [-0.3, -0.25) is 4.79 Å². The van der Waals surface area contributed by atoms with Crippen molar-refractivity contribution in [2.45, 2.75) is 79.8 Å². The highest BCUT2D eigenvalue weighted by Crippen LogP contribution is 2.68. The molecule has 0 aliphatic heterocycles. The molecule has 0 spiro atoms. The lowest BCUT2D eigenvalue weighted by Gasteiger charge is -2.32. The maximum atomic E-state index is 12.7. The molecule has 1 atom stereocenters. The number of carbonyl (C=O) groups excluding carboxylic acids is 1. The van der Waals surface area contributed by atoms with Crippen LogP contribution < -0.4 is 0 Å². The monoisotopic (exact) mass is 266 g/mol. The lowest BCUT2D eigenvalue weighted by molar-refractivity contribution is -0.168. The van der Waals surface area contributed by atoms with E-state index in [4.69, 9.17) is 4.74 Å². The van der Waals surface area contributed by atoms with Crippen LogP contribution in [0, 0.1) is 22.2 Å². The largest absolute Gasteiger partial charge is 0.459 e. The molecule has 1 unspecified atom stereocenters. The van der Waals surface area contributed by atoms with Crippen LogP contribution in [0.15, 0.2) is 0 Å². The standard InChI is InChI=1S/C17H30O2/c1-14(2,3)10-17(11-15(17,4)5)13(18)19-16(6,7)12-8-9-12/h12H,8-11H2,1-7H3. The van der Waals surface area contributed by atoms with Gasteiger partial charge in [0.25, 0.3) is 0 Å². The highest BCUT2D eigenvalue weighted by atomic mass is 16.6. The summed E-state index contributed by atoms with van der Waals surface area (Å²) in [7, 11) is 0. The minimum atomic E-state index is -0.277. The molecule has 2 fully saturated rings. The summed E-state index contributed by atoms with van der Waals surface area (Å²) in [6.45, 7) is 15.2. The van der Waals surface area contributed by atoms with Crippen molar-refractivity contribution in [3.8, 4) is 0 Å². The van der Waals surface area contributed by atoms with Gasteiger partial charge in [-0.05, 0) is 56.3 Å². The molecule has 0 bridgehead atoms. The van der Waals surface area contributed by atoms with Crippen molar-refractivity contribution in [1.82, 2.24) is 0 Å². The number of carbonyl (C=O) groups is 1. The first-order valence-corrected chi connectivity index (χ1v) is 7.63. The Morgan fingerprint density at radius 1 is 1.16 bits per heavy atom. The van der Waals surface area contributed by atoms with Crippen molar-refractivity contribution >= 4 is 5.97 Å². The number of hydrogen-bond donors (Lipinski definition) is 0. The van der Waals surface area contributed by atoms with E-state index in [9.17, 15) is 4.79 Å². The smallest absolute Gasteiger partial charge is 0.313 e. The fraction of sp³-hybridized carbons (Fsp3) is 0.941. The van der Waals surface area contributed by atoms with Crippen LogP contribution in [0.25, 0.3) is 0 Å². The molecule has 2 rings (SSSR count). The maximum absolute atomic E-state index is 12.7. The molecule has 2 nitrogen and oxygen atoms in total. The summed E-state index contributed by atoms with van der Waals surface area (Å²) >= 11 is 0. The molecule has 0 amide bonds. The van der Waals surface area contributed by atoms with Gasteiger partial charge in [-0.1, -0.05) is 34.6 Å². The van der Waals surface area contributed by atoms with Crippen molar-refractivity contribution < 1.29 is 9.53 Å². The third-order valence-corrected chi connectivity index (χ3v) is 5.05. The fourth-order valence-corrected chi connectivity index (χ4v) is 3.54. The van der Waals surface area contributed by atoms with E-state index < -0.39 is 0 Å². The predicted octanol–water partition coefficient (Wildman–Crippen LogP) is 4.57. The van der Waals surface area contributed by atoms with E-state index in [-0.39, 0.29) is 27.8 Å². The summed E-state index contributed by atoms with van der Waals surface area (Å²) in [4.78, 5) is 12.7. The molecular formula is C17H30O2. The summed E-state index contributed by atoms with van der Waals surface area (Å²) in [5, 5.41) is 0. The zero-order valence-electron chi connectivity index (χ0n) is 13.7. The summed E-state index contributed by atoms with van der Waals surface area (Å²) < 4.78 is 5.93. The zero-order valence-corrected chi connectivity index (χ0v) is 13.7. The second-order valence-corrected chi connectivity index (χ2v) is 9.15. The molecule has 0 aromatic rings. The number of ether oxygens (including phenoxy) is 1. The first-order valence-electron chi connectivity index (χ1n) is 7.63. The van der Waals surface area contributed by atoms with Gasteiger partial charge in [-0.2, -0.15) is 0 Å². The Kier molecular flexibility index (Phi) is 3.12. The van der Waals surface area contributed by atoms with E-state index in [1.165, 1.54) is 12.8 Å². The van der Waals surface area contributed by atoms with Crippen molar-refractivity contribution in [3.63, 3.8) is 0 Å².